The van der Waals surface area contributed by atoms with E-state index in [2.05, 4.69) is 4.98 Å². The number of pyridine rings is 1. The molecule has 0 bridgehead atoms. The Morgan fingerprint density at radius 3 is 2.55 bits per heavy atom. The van der Waals surface area contributed by atoms with Crippen LogP contribution in [-0.2, 0) is 0 Å². The van der Waals surface area contributed by atoms with Crippen molar-refractivity contribution in [2.45, 2.75) is 0 Å². The second kappa shape index (κ2) is 5.33. The number of benzene rings is 1. The highest BCUT2D eigenvalue weighted by Crippen LogP contribution is 2.28. The van der Waals surface area contributed by atoms with Crippen molar-refractivity contribution >= 4 is 0 Å². The van der Waals surface area contributed by atoms with E-state index in [1.807, 2.05) is 71.5 Å². The monoisotopic (exact) mass is 287 g/mol. The third kappa shape index (κ3) is 2.20. The van der Waals surface area contributed by atoms with E-state index in [9.17, 15) is 0 Å². The van der Waals surface area contributed by atoms with Gasteiger partial charge in [-0.2, -0.15) is 5.10 Å². The molecule has 0 saturated heterocycles. The molecule has 4 rings (SSSR count). The summed E-state index contributed by atoms with van der Waals surface area (Å²) < 4.78 is 7.44. The van der Waals surface area contributed by atoms with E-state index in [0.29, 0.717) is 0 Å². The normalized spacial score (nSPS) is 10.7. The Balaban J connectivity index is 1.91. The lowest BCUT2D eigenvalue weighted by Gasteiger charge is -2.04. The molecule has 22 heavy (non-hydrogen) atoms. The molecule has 0 aliphatic heterocycles. The van der Waals surface area contributed by atoms with Crippen molar-refractivity contribution in [2.75, 3.05) is 0 Å². The minimum absolute atomic E-state index is 0.784. The molecule has 0 spiro atoms. The lowest BCUT2D eigenvalue weighted by atomic mass is 10.2. The molecule has 4 heteroatoms. The van der Waals surface area contributed by atoms with E-state index >= 15 is 0 Å². The van der Waals surface area contributed by atoms with Gasteiger partial charge in [-0.3, -0.25) is 4.98 Å². The van der Waals surface area contributed by atoms with E-state index in [1.165, 1.54) is 0 Å². The zero-order chi connectivity index (χ0) is 14.8. The third-order valence-corrected chi connectivity index (χ3v) is 3.44. The second-order valence-electron chi connectivity index (χ2n) is 4.88. The number of aromatic nitrogens is 3. The quantitative estimate of drug-likeness (QED) is 0.567. The Morgan fingerprint density at radius 1 is 0.909 bits per heavy atom. The summed E-state index contributed by atoms with van der Waals surface area (Å²) in [6.45, 7) is 0. The zero-order valence-corrected chi connectivity index (χ0v) is 11.8. The average Bonchev–Trinajstić information content (AvgIpc) is 3.26. The van der Waals surface area contributed by atoms with Crippen LogP contribution in [0.5, 0.6) is 0 Å². The maximum Gasteiger partial charge on any atom is 0.152 e. The van der Waals surface area contributed by atoms with Gasteiger partial charge in [0.05, 0.1) is 17.6 Å². The van der Waals surface area contributed by atoms with Crippen molar-refractivity contribution in [1.29, 1.82) is 0 Å². The van der Waals surface area contributed by atoms with Gasteiger partial charge in [0.2, 0.25) is 0 Å². The molecule has 0 saturated carbocycles. The van der Waals surface area contributed by atoms with Crippen molar-refractivity contribution in [3.8, 4) is 28.4 Å². The van der Waals surface area contributed by atoms with Gasteiger partial charge >= 0.3 is 0 Å². The van der Waals surface area contributed by atoms with Gasteiger partial charge in [0, 0.05) is 18.0 Å². The van der Waals surface area contributed by atoms with Crippen molar-refractivity contribution in [2.24, 2.45) is 0 Å². The number of hydrogen-bond donors (Lipinski definition) is 0. The molecule has 3 aromatic heterocycles. The van der Waals surface area contributed by atoms with Crippen LogP contribution in [0.3, 0.4) is 0 Å². The Morgan fingerprint density at radius 2 is 1.82 bits per heavy atom. The molecule has 0 amide bonds. The third-order valence-electron chi connectivity index (χ3n) is 3.44. The molecule has 4 aromatic rings. The Hall–Kier alpha value is -3.14. The van der Waals surface area contributed by atoms with Crippen LogP contribution in [0.25, 0.3) is 28.4 Å². The van der Waals surface area contributed by atoms with E-state index in [4.69, 9.17) is 9.52 Å². The molecule has 0 N–H and O–H groups in total. The number of furan rings is 1. The van der Waals surface area contributed by atoms with E-state index in [0.717, 1.165) is 28.4 Å². The smallest absolute Gasteiger partial charge is 0.152 e. The molecule has 3 heterocycles. The molecule has 1 aromatic carbocycles. The summed E-state index contributed by atoms with van der Waals surface area (Å²) in [5.41, 5.74) is 3.74. The van der Waals surface area contributed by atoms with Gasteiger partial charge in [0.25, 0.3) is 0 Å². The Kier molecular flexibility index (Phi) is 3.05. The summed E-state index contributed by atoms with van der Waals surface area (Å²) in [7, 11) is 0. The zero-order valence-electron chi connectivity index (χ0n) is 11.8. The predicted molar refractivity (Wildman–Crippen MR) is 84.5 cm³/mol. The highest BCUT2D eigenvalue weighted by atomic mass is 16.3. The summed E-state index contributed by atoms with van der Waals surface area (Å²) in [6, 6.07) is 19.7. The SMILES string of the molecule is c1ccc(-n2nc(-c3cccnc3)cc2-c2ccco2)cc1. The molecular weight excluding hydrogens is 274 g/mol. The van der Waals surface area contributed by atoms with E-state index < -0.39 is 0 Å². The first kappa shape index (κ1) is 12.6. The van der Waals surface area contributed by atoms with Crippen molar-refractivity contribution in [3.63, 3.8) is 0 Å². The van der Waals surface area contributed by atoms with Gasteiger partial charge in [-0.05, 0) is 42.5 Å². The first-order valence-corrected chi connectivity index (χ1v) is 7.01. The second-order valence-corrected chi connectivity index (χ2v) is 4.88. The lowest BCUT2D eigenvalue weighted by Crippen LogP contribution is -1.98. The van der Waals surface area contributed by atoms with Crippen molar-refractivity contribution < 1.29 is 4.42 Å². The first-order chi connectivity index (χ1) is 10.9. The van der Waals surface area contributed by atoms with Crippen molar-refractivity contribution in [1.82, 2.24) is 14.8 Å². The van der Waals surface area contributed by atoms with Crippen molar-refractivity contribution in [3.05, 3.63) is 79.3 Å². The van der Waals surface area contributed by atoms with Crippen LogP contribution >= 0.6 is 0 Å². The fraction of sp³-hybridized carbons (Fsp3) is 0. The van der Waals surface area contributed by atoms with Gasteiger partial charge in [-0.15, -0.1) is 0 Å². The van der Waals surface area contributed by atoms with Gasteiger partial charge in [0.1, 0.15) is 5.69 Å². The van der Waals surface area contributed by atoms with Gasteiger partial charge in [0.15, 0.2) is 5.76 Å². The largest absolute Gasteiger partial charge is 0.463 e. The Bertz CT molecular complexity index is 865. The predicted octanol–water partition coefficient (Wildman–Crippen LogP) is 4.19. The number of hydrogen-bond acceptors (Lipinski definition) is 3. The highest BCUT2D eigenvalue weighted by molar-refractivity contribution is 5.67. The maximum absolute atomic E-state index is 5.55. The van der Waals surface area contributed by atoms with E-state index in [1.54, 1.807) is 12.5 Å². The molecule has 0 fully saturated rings. The lowest BCUT2D eigenvalue weighted by molar-refractivity contribution is 0.577. The van der Waals surface area contributed by atoms with Crippen LogP contribution in [-0.4, -0.2) is 14.8 Å². The Labute approximate surface area is 127 Å². The average molecular weight is 287 g/mol. The van der Waals surface area contributed by atoms with E-state index in [-0.39, 0.29) is 0 Å². The van der Waals surface area contributed by atoms with Gasteiger partial charge < -0.3 is 4.42 Å². The number of rotatable bonds is 3. The molecular formula is C18H13N3O. The van der Waals surface area contributed by atoms with Gasteiger partial charge in [-0.1, -0.05) is 18.2 Å². The molecule has 0 aliphatic rings. The molecule has 0 atom stereocenters. The summed E-state index contributed by atoms with van der Waals surface area (Å²) in [6.07, 6.45) is 5.23. The maximum atomic E-state index is 5.55. The molecule has 106 valence electrons. The van der Waals surface area contributed by atoms with Gasteiger partial charge in [-0.25, -0.2) is 4.68 Å². The molecule has 0 aliphatic carbocycles. The summed E-state index contributed by atoms with van der Waals surface area (Å²) >= 11 is 0. The summed E-state index contributed by atoms with van der Waals surface area (Å²) in [5.74, 6) is 0.784. The fourth-order valence-corrected chi connectivity index (χ4v) is 2.40. The molecule has 0 radical (unpaired) electrons. The highest BCUT2D eigenvalue weighted by Gasteiger charge is 2.14. The molecule has 4 nitrogen and oxygen atoms in total. The van der Waals surface area contributed by atoms with Crippen LogP contribution in [0, 0.1) is 0 Å². The number of nitrogens with zero attached hydrogens (tertiary/aromatic N) is 3. The van der Waals surface area contributed by atoms with Crippen LogP contribution in [0.15, 0.2) is 83.7 Å². The fourth-order valence-electron chi connectivity index (χ4n) is 2.40. The van der Waals surface area contributed by atoms with Crippen LogP contribution in [0.2, 0.25) is 0 Å². The first-order valence-electron chi connectivity index (χ1n) is 7.01. The minimum atomic E-state index is 0.784. The standard InChI is InChI=1S/C18H13N3O/c1-2-7-15(8-3-1)21-17(18-9-5-11-22-18)12-16(20-21)14-6-4-10-19-13-14/h1-13H. The van der Waals surface area contributed by atoms with Crippen LogP contribution in [0.1, 0.15) is 0 Å². The van der Waals surface area contributed by atoms with Crippen LogP contribution in [0.4, 0.5) is 0 Å². The van der Waals surface area contributed by atoms with Crippen LogP contribution < -0.4 is 0 Å². The summed E-state index contributed by atoms with van der Waals surface area (Å²) in [4.78, 5) is 4.16. The topological polar surface area (TPSA) is 43.9 Å². The summed E-state index contributed by atoms with van der Waals surface area (Å²) in [5, 5.41) is 4.72. The number of para-hydroxylation sites is 1. The minimum Gasteiger partial charge on any atom is -0.463 e. The molecule has 0 unspecified atom stereocenters.